The number of nitrogens with two attached hydrogens (primary N) is 1. The van der Waals surface area contributed by atoms with E-state index in [1.54, 1.807) is 6.20 Å². The molecule has 0 aliphatic rings. The molecule has 0 fully saturated rings. The average molecular weight is 225 g/mol. The van der Waals surface area contributed by atoms with Crippen LogP contribution >= 0.6 is 0 Å². The predicted octanol–water partition coefficient (Wildman–Crippen LogP) is 0.627. The lowest BCUT2D eigenvalue weighted by atomic mass is 10.1. The summed E-state index contributed by atoms with van der Waals surface area (Å²) in [5.41, 5.74) is 5.17. The van der Waals surface area contributed by atoms with E-state index in [4.69, 9.17) is 10.5 Å². The first-order valence-electron chi connectivity index (χ1n) is 5.53. The quantitative estimate of drug-likeness (QED) is 0.770. The highest BCUT2D eigenvalue weighted by Gasteiger charge is 2.02. The Kier molecular flexibility index (Phi) is 4.98. The first kappa shape index (κ1) is 12.7. The molecule has 0 spiro atoms. The highest BCUT2D eigenvalue weighted by molar-refractivity contribution is 5.13. The molecule has 0 amide bonds. The van der Waals surface area contributed by atoms with E-state index < -0.39 is 0 Å². The van der Waals surface area contributed by atoms with Gasteiger partial charge in [-0.1, -0.05) is 13.8 Å². The fraction of sp³-hybridized carbons (Fsp3) is 0.636. The molecule has 1 aromatic heterocycles. The second kappa shape index (κ2) is 6.27. The number of ether oxygens (including phenoxy) is 1. The summed E-state index contributed by atoms with van der Waals surface area (Å²) in [6, 6.07) is 1.45. The Morgan fingerprint density at radius 1 is 1.56 bits per heavy atom. The Labute approximate surface area is 95.2 Å². The maximum atomic E-state index is 11.6. The van der Waals surface area contributed by atoms with Crippen molar-refractivity contribution in [2.75, 3.05) is 13.2 Å². The monoisotopic (exact) mass is 225 g/mol. The molecule has 16 heavy (non-hydrogen) atoms. The van der Waals surface area contributed by atoms with Gasteiger partial charge < -0.3 is 10.5 Å². The Morgan fingerprint density at radius 2 is 2.31 bits per heavy atom. The van der Waals surface area contributed by atoms with Gasteiger partial charge in [-0.3, -0.25) is 4.79 Å². The summed E-state index contributed by atoms with van der Waals surface area (Å²) >= 11 is 0. The fourth-order valence-electron chi connectivity index (χ4n) is 1.22. The van der Waals surface area contributed by atoms with Crippen molar-refractivity contribution in [3.05, 3.63) is 22.6 Å². The van der Waals surface area contributed by atoms with Crippen LogP contribution in [0.3, 0.4) is 0 Å². The maximum absolute atomic E-state index is 11.6. The van der Waals surface area contributed by atoms with Gasteiger partial charge in [0.15, 0.2) is 0 Å². The highest BCUT2D eigenvalue weighted by Crippen LogP contribution is 2.04. The van der Waals surface area contributed by atoms with Crippen molar-refractivity contribution in [1.82, 2.24) is 9.78 Å². The largest absolute Gasteiger partial charge is 0.490 e. The molecule has 1 aromatic rings. The zero-order chi connectivity index (χ0) is 12.0. The molecule has 1 rings (SSSR count). The summed E-state index contributed by atoms with van der Waals surface area (Å²) in [5, 5.41) is 4.04. The van der Waals surface area contributed by atoms with Crippen LogP contribution in [-0.4, -0.2) is 22.9 Å². The summed E-state index contributed by atoms with van der Waals surface area (Å²) in [7, 11) is 0. The molecular weight excluding hydrogens is 206 g/mol. The van der Waals surface area contributed by atoms with Crippen LogP contribution < -0.4 is 16.0 Å². The number of hydrogen-bond donors (Lipinski definition) is 1. The van der Waals surface area contributed by atoms with E-state index in [9.17, 15) is 4.79 Å². The molecule has 5 nitrogen and oxygen atoms in total. The fourth-order valence-corrected chi connectivity index (χ4v) is 1.22. The SMILES string of the molecule is CC(C)CCn1ncc(OCCN)cc1=O. The Morgan fingerprint density at radius 3 is 2.88 bits per heavy atom. The van der Waals surface area contributed by atoms with Crippen LogP contribution in [-0.2, 0) is 6.54 Å². The van der Waals surface area contributed by atoms with Crippen molar-refractivity contribution in [3.63, 3.8) is 0 Å². The molecule has 5 heteroatoms. The molecule has 0 saturated heterocycles. The lowest BCUT2D eigenvalue weighted by molar-refractivity contribution is 0.323. The molecule has 0 bridgehead atoms. The van der Waals surface area contributed by atoms with Crippen LogP contribution in [0.4, 0.5) is 0 Å². The number of aromatic nitrogens is 2. The standard InChI is InChI=1S/C11H19N3O2/c1-9(2)3-5-14-11(15)7-10(8-13-14)16-6-4-12/h7-9H,3-6,12H2,1-2H3. The Hall–Kier alpha value is -1.36. The first-order chi connectivity index (χ1) is 7.63. The normalized spacial score (nSPS) is 10.8. The van der Waals surface area contributed by atoms with Gasteiger partial charge in [0.05, 0.1) is 6.20 Å². The molecule has 90 valence electrons. The van der Waals surface area contributed by atoms with Gasteiger partial charge in [0.2, 0.25) is 0 Å². The van der Waals surface area contributed by atoms with Crippen molar-refractivity contribution in [2.24, 2.45) is 11.7 Å². The summed E-state index contributed by atoms with van der Waals surface area (Å²) in [6.07, 6.45) is 2.49. The molecule has 2 N–H and O–H groups in total. The molecule has 0 atom stereocenters. The van der Waals surface area contributed by atoms with Crippen LogP contribution in [0, 0.1) is 5.92 Å². The molecule has 0 aliphatic heterocycles. The van der Waals surface area contributed by atoms with E-state index in [1.807, 2.05) is 0 Å². The van der Waals surface area contributed by atoms with Crippen LogP contribution in [0.5, 0.6) is 5.75 Å². The molecule has 0 unspecified atom stereocenters. The Balaban J connectivity index is 2.64. The second-order valence-corrected chi connectivity index (χ2v) is 4.07. The van der Waals surface area contributed by atoms with Gasteiger partial charge in [0.1, 0.15) is 12.4 Å². The minimum Gasteiger partial charge on any atom is -0.490 e. The summed E-state index contributed by atoms with van der Waals surface area (Å²) in [5.74, 6) is 1.04. The van der Waals surface area contributed by atoms with Crippen LogP contribution in [0.1, 0.15) is 20.3 Å². The van der Waals surface area contributed by atoms with Gasteiger partial charge >= 0.3 is 0 Å². The zero-order valence-electron chi connectivity index (χ0n) is 9.85. The van der Waals surface area contributed by atoms with Crippen molar-refractivity contribution in [2.45, 2.75) is 26.8 Å². The van der Waals surface area contributed by atoms with E-state index in [-0.39, 0.29) is 5.56 Å². The van der Waals surface area contributed by atoms with E-state index in [1.165, 1.54) is 10.7 Å². The van der Waals surface area contributed by atoms with Crippen molar-refractivity contribution < 1.29 is 4.74 Å². The van der Waals surface area contributed by atoms with Crippen LogP contribution in [0.2, 0.25) is 0 Å². The lowest BCUT2D eigenvalue weighted by Gasteiger charge is -2.08. The zero-order valence-corrected chi connectivity index (χ0v) is 9.85. The van der Waals surface area contributed by atoms with Gasteiger partial charge in [-0.05, 0) is 12.3 Å². The number of hydrogen-bond acceptors (Lipinski definition) is 4. The van der Waals surface area contributed by atoms with Crippen molar-refractivity contribution in [1.29, 1.82) is 0 Å². The molecule has 0 aliphatic carbocycles. The minimum absolute atomic E-state index is 0.129. The van der Waals surface area contributed by atoms with Crippen molar-refractivity contribution >= 4 is 0 Å². The summed E-state index contributed by atoms with van der Waals surface area (Å²) in [4.78, 5) is 11.6. The van der Waals surface area contributed by atoms with Gasteiger partial charge in [-0.15, -0.1) is 0 Å². The van der Waals surface area contributed by atoms with Crippen LogP contribution in [0.15, 0.2) is 17.1 Å². The smallest absolute Gasteiger partial charge is 0.270 e. The lowest BCUT2D eigenvalue weighted by Crippen LogP contribution is -2.23. The molecule has 1 heterocycles. The molecule has 0 saturated carbocycles. The third-order valence-electron chi connectivity index (χ3n) is 2.15. The van der Waals surface area contributed by atoms with E-state index in [2.05, 4.69) is 18.9 Å². The molecule has 0 aromatic carbocycles. The third kappa shape index (κ3) is 4.02. The number of nitrogens with zero attached hydrogens (tertiary/aromatic N) is 2. The first-order valence-corrected chi connectivity index (χ1v) is 5.53. The Bertz CT molecular complexity index is 374. The van der Waals surface area contributed by atoms with Gasteiger partial charge in [0.25, 0.3) is 5.56 Å². The summed E-state index contributed by atoms with van der Waals surface area (Å²) in [6.45, 7) is 5.70. The highest BCUT2D eigenvalue weighted by atomic mass is 16.5. The average Bonchev–Trinajstić information content (AvgIpc) is 2.24. The molecular formula is C11H19N3O2. The van der Waals surface area contributed by atoms with E-state index in [0.717, 1.165) is 6.42 Å². The van der Waals surface area contributed by atoms with Gasteiger partial charge in [-0.25, -0.2) is 4.68 Å². The number of aryl methyl sites for hydroxylation is 1. The van der Waals surface area contributed by atoms with Gasteiger partial charge in [0, 0.05) is 19.2 Å². The van der Waals surface area contributed by atoms with Gasteiger partial charge in [-0.2, -0.15) is 5.10 Å². The second-order valence-electron chi connectivity index (χ2n) is 4.07. The topological polar surface area (TPSA) is 70.1 Å². The summed E-state index contributed by atoms with van der Waals surface area (Å²) < 4.78 is 6.67. The van der Waals surface area contributed by atoms with E-state index >= 15 is 0 Å². The predicted molar refractivity (Wildman–Crippen MR) is 62.5 cm³/mol. The van der Waals surface area contributed by atoms with Crippen LogP contribution in [0.25, 0.3) is 0 Å². The number of rotatable bonds is 6. The molecule has 0 radical (unpaired) electrons. The third-order valence-corrected chi connectivity index (χ3v) is 2.15. The van der Waals surface area contributed by atoms with Crippen molar-refractivity contribution in [3.8, 4) is 5.75 Å². The minimum atomic E-state index is -0.129. The maximum Gasteiger partial charge on any atom is 0.270 e. The van der Waals surface area contributed by atoms with E-state index in [0.29, 0.717) is 31.4 Å².